The van der Waals surface area contributed by atoms with Gasteiger partial charge in [0.2, 0.25) is 0 Å². The fraction of sp³-hybridized carbons (Fsp3) is 0.300. The summed E-state index contributed by atoms with van der Waals surface area (Å²) in [5.74, 6) is 0.925. The molecule has 138 valence electrons. The highest BCUT2D eigenvalue weighted by molar-refractivity contribution is 14.0. The lowest BCUT2D eigenvalue weighted by atomic mass is 10.1. The summed E-state index contributed by atoms with van der Waals surface area (Å²) in [6.07, 6.45) is 2.89. The van der Waals surface area contributed by atoms with Gasteiger partial charge in [-0.15, -0.1) is 35.3 Å². The molecule has 0 aliphatic heterocycles. The Hall–Kier alpha value is -1.67. The number of hydrogen-bond donors (Lipinski definition) is 1. The molecule has 0 amide bonds. The molecule has 0 saturated heterocycles. The molecule has 0 spiro atoms. The van der Waals surface area contributed by atoms with Crippen molar-refractivity contribution in [2.75, 3.05) is 20.1 Å². The summed E-state index contributed by atoms with van der Waals surface area (Å²) in [5.41, 5.74) is 1.01. The maximum absolute atomic E-state index is 4.81. The molecule has 1 aromatic carbocycles. The summed E-state index contributed by atoms with van der Waals surface area (Å²) in [7, 11) is 2.09. The Bertz CT molecular complexity index is 827. The van der Waals surface area contributed by atoms with Crippen LogP contribution in [0.25, 0.3) is 10.8 Å². The van der Waals surface area contributed by atoms with E-state index in [0.29, 0.717) is 6.54 Å². The molecule has 0 radical (unpaired) electrons. The van der Waals surface area contributed by atoms with E-state index in [9.17, 15) is 0 Å². The SMILES string of the molecule is CCNC(=NCc1nccc2ccccc12)N(C)CCc1cccs1.I. The van der Waals surface area contributed by atoms with E-state index in [1.807, 2.05) is 12.3 Å². The van der Waals surface area contributed by atoms with E-state index in [2.05, 4.69) is 71.0 Å². The number of fused-ring (bicyclic) bond motifs is 1. The lowest BCUT2D eigenvalue weighted by molar-refractivity contribution is 0.486. The predicted octanol–water partition coefficient (Wildman–Crippen LogP) is 4.55. The van der Waals surface area contributed by atoms with Gasteiger partial charge < -0.3 is 10.2 Å². The monoisotopic (exact) mass is 480 g/mol. The highest BCUT2D eigenvalue weighted by Gasteiger charge is 2.07. The normalized spacial score (nSPS) is 11.2. The molecule has 4 nitrogen and oxygen atoms in total. The predicted molar refractivity (Wildman–Crippen MR) is 123 cm³/mol. The van der Waals surface area contributed by atoms with Gasteiger partial charge in [0, 0.05) is 36.6 Å². The van der Waals surface area contributed by atoms with Crippen LogP contribution in [0.5, 0.6) is 0 Å². The molecule has 0 bridgehead atoms. The third kappa shape index (κ3) is 5.41. The fourth-order valence-corrected chi connectivity index (χ4v) is 3.46. The number of aliphatic imine (C=N–C) groups is 1. The first-order valence-electron chi connectivity index (χ1n) is 8.62. The molecular formula is C20H25IN4S. The second-order valence-corrected chi connectivity index (χ2v) is 6.93. The van der Waals surface area contributed by atoms with Gasteiger partial charge in [-0.2, -0.15) is 0 Å². The van der Waals surface area contributed by atoms with E-state index < -0.39 is 0 Å². The minimum absolute atomic E-state index is 0. The molecule has 3 aromatic rings. The van der Waals surface area contributed by atoms with Crippen molar-refractivity contribution in [2.24, 2.45) is 4.99 Å². The summed E-state index contributed by atoms with van der Waals surface area (Å²) in [6, 6.07) is 14.7. The van der Waals surface area contributed by atoms with Crippen LogP contribution in [0.2, 0.25) is 0 Å². The first-order valence-corrected chi connectivity index (χ1v) is 9.50. The fourth-order valence-electron chi connectivity index (χ4n) is 2.77. The molecule has 26 heavy (non-hydrogen) atoms. The number of rotatable bonds is 6. The Morgan fingerprint density at radius 1 is 1.19 bits per heavy atom. The second-order valence-electron chi connectivity index (χ2n) is 5.90. The number of pyridine rings is 1. The number of aromatic nitrogens is 1. The Morgan fingerprint density at radius 3 is 2.81 bits per heavy atom. The Morgan fingerprint density at radius 2 is 2.04 bits per heavy atom. The van der Waals surface area contributed by atoms with E-state index in [-0.39, 0.29) is 24.0 Å². The average molecular weight is 480 g/mol. The van der Waals surface area contributed by atoms with Crippen molar-refractivity contribution in [2.45, 2.75) is 19.9 Å². The standard InChI is InChI=1S/C20H24N4S.HI/c1-3-21-20(24(2)13-11-17-8-6-14-25-17)23-15-19-18-9-5-4-7-16(18)10-12-22-19;/h4-10,12,14H,3,11,13,15H2,1-2H3,(H,21,23);1H. The van der Waals surface area contributed by atoms with Crippen molar-refractivity contribution in [3.05, 3.63) is 64.6 Å². The molecular weight excluding hydrogens is 455 g/mol. The third-order valence-electron chi connectivity index (χ3n) is 4.10. The van der Waals surface area contributed by atoms with Crippen molar-refractivity contribution < 1.29 is 0 Å². The minimum atomic E-state index is 0. The molecule has 0 unspecified atom stereocenters. The Labute approximate surface area is 176 Å². The van der Waals surface area contributed by atoms with Gasteiger partial charge in [0.1, 0.15) is 0 Å². The van der Waals surface area contributed by atoms with Gasteiger partial charge in [0.15, 0.2) is 5.96 Å². The molecule has 0 aliphatic rings. The number of nitrogens with zero attached hydrogens (tertiary/aromatic N) is 3. The molecule has 1 N–H and O–H groups in total. The van der Waals surface area contributed by atoms with Crippen molar-refractivity contribution in [3.63, 3.8) is 0 Å². The molecule has 2 heterocycles. The first kappa shape index (κ1) is 20.6. The minimum Gasteiger partial charge on any atom is -0.357 e. The highest BCUT2D eigenvalue weighted by Crippen LogP contribution is 2.17. The Kier molecular flexibility index (Phi) is 8.31. The van der Waals surface area contributed by atoms with Crippen molar-refractivity contribution in [1.82, 2.24) is 15.2 Å². The van der Waals surface area contributed by atoms with Crippen LogP contribution in [0.3, 0.4) is 0 Å². The summed E-state index contributed by atoms with van der Waals surface area (Å²) < 4.78 is 0. The first-order chi connectivity index (χ1) is 12.3. The summed E-state index contributed by atoms with van der Waals surface area (Å²) in [6.45, 7) is 4.46. The van der Waals surface area contributed by atoms with E-state index in [0.717, 1.165) is 31.2 Å². The van der Waals surface area contributed by atoms with Crippen LogP contribution >= 0.6 is 35.3 Å². The number of likely N-dealkylation sites (N-methyl/N-ethyl adjacent to an activating group) is 1. The summed E-state index contributed by atoms with van der Waals surface area (Å²) >= 11 is 1.80. The van der Waals surface area contributed by atoms with Crippen LogP contribution in [-0.4, -0.2) is 36.0 Å². The van der Waals surface area contributed by atoms with Gasteiger partial charge in [0.05, 0.1) is 12.2 Å². The van der Waals surface area contributed by atoms with Crippen LogP contribution < -0.4 is 5.32 Å². The summed E-state index contributed by atoms with van der Waals surface area (Å²) in [4.78, 5) is 12.9. The average Bonchev–Trinajstić information content (AvgIpc) is 3.16. The number of thiophene rings is 1. The lowest BCUT2D eigenvalue weighted by Crippen LogP contribution is -2.39. The number of guanidine groups is 1. The molecule has 0 atom stereocenters. The van der Waals surface area contributed by atoms with E-state index in [1.54, 1.807) is 11.3 Å². The maximum atomic E-state index is 4.81. The molecule has 0 aliphatic carbocycles. The topological polar surface area (TPSA) is 40.5 Å². The van der Waals surface area contributed by atoms with Crippen LogP contribution in [0.4, 0.5) is 0 Å². The van der Waals surface area contributed by atoms with Gasteiger partial charge in [-0.25, -0.2) is 4.99 Å². The zero-order valence-corrected chi connectivity index (χ0v) is 18.3. The number of halogens is 1. The molecule has 3 rings (SSSR count). The smallest absolute Gasteiger partial charge is 0.194 e. The number of nitrogens with one attached hydrogen (secondary N) is 1. The number of benzene rings is 1. The molecule has 0 fully saturated rings. The van der Waals surface area contributed by atoms with Crippen molar-refractivity contribution >= 4 is 52.0 Å². The van der Waals surface area contributed by atoms with Crippen LogP contribution in [0.15, 0.2) is 59.0 Å². The quantitative estimate of drug-likeness (QED) is 0.320. The number of hydrogen-bond acceptors (Lipinski definition) is 3. The van der Waals surface area contributed by atoms with E-state index in [1.165, 1.54) is 15.6 Å². The van der Waals surface area contributed by atoms with Crippen LogP contribution in [-0.2, 0) is 13.0 Å². The molecule has 2 aromatic heterocycles. The molecule has 6 heteroatoms. The zero-order valence-electron chi connectivity index (χ0n) is 15.2. The third-order valence-corrected chi connectivity index (χ3v) is 5.04. The van der Waals surface area contributed by atoms with Crippen molar-refractivity contribution in [1.29, 1.82) is 0 Å². The highest BCUT2D eigenvalue weighted by atomic mass is 127. The second kappa shape index (κ2) is 10.5. The van der Waals surface area contributed by atoms with E-state index in [4.69, 9.17) is 4.99 Å². The van der Waals surface area contributed by atoms with E-state index >= 15 is 0 Å². The van der Waals surface area contributed by atoms with Crippen LogP contribution in [0, 0.1) is 0 Å². The van der Waals surface area contributed by atoms with Crippen molar-refractivity contribution in [3.8, 4) is 0 Å². The zero-order chi connectivity index (χ0) is 17.5. The lowest BCUT2D eigenvalue weighted by Gasteiger charge is -2.21. The largest absolute Gasteiger partial charge is 0.357 e. The summed E-state index contributed by atoms with van der Waals surface area (Å²) in [5, 5.41) is 7.89. The maximum Gasteiger partial charge on any atom is 0.194 e. The van der Waals surface area contributed by atoms with Gasteiger partial charge in [-0.1, -0.05) is 30.3 Å². The van der Waals surface area contributed by atoms with Gasteiger partial charge in [0.25, 0.3) is 0 Å². The van der Waals surface area contributed by atoms with Gasteiger partial charge in [-0.05, 0) is 36.2 Å². The van der Waals surface area contributed by atoms with Gasteiger partial charge in [-0.3, -0.25) is 4.98 Å². The molecule has 0 saturated carbocycles. The van der Waals surface area contributed by atoms with Gasteiger partial charge >= 0.3 is 0 Å². The van der Waals surface area contributed by atoms with Crippen LogP contribution in [0.1, 0.15) is 17.5 Å². The Balaban J connectivity index is 0.00000243.